The highest BCUT2D eigenvalue weighted by molar-refractivity contribution is 8.03. The van der Waals surface area contributed by atoms with Gasteiger partial charge >= 0.3 is 5.97 Å². The number of dihydropyridines is 1. The number of nitriles is 1. The lowest BCUT2D eigenvalue weighted by Crippen LogP contribution is -2.29. The van der Waals surface area contributed by atoms with E-state index in [-0.39, 0.29) is 18.3 Å². The number of carbonyl (C=O) groups excluding carboxylic acids is 2. The van der Waals surface area contributed by atoms with Crippen molar-refractivity contribution in [3.05, 3.63) is 94.2 Å². The zero-order chi connectivity index (χ0) is 25.4. The van der Waals surface area contributed by atoms with Crippen molar-refractivity contribution in [2.45, 2.75) is 19.8 Å². The van der Waals surface area contributed by atoms with Gasteiger partial charge in [0.05, 0.1) is 41.0 Å². The van der Waals surface area contributed by atoms with Crippen molar-refractivity contribution >= 4 is 29.3 Å². The first-order chi connectivity index (χ1) is 16.9. The number of methoxy groups -OCH3 is 1. The van der Waals surface area contributed by atoms with Crippen LogP contribution in [0.5, 0.6) is 5.75 Å². The molecular weight excluding hydrogens is 462 g/mol. The summed E-state index contributed by atoms with van der Waals surface area (Å²) in [5, 5.41) is 16.6. The van der Waals surface area contributed by atoms with E-state index >= 15 is 0 Å². The molecule has 1 unspecified atom stereocenters. The van der Waals surface area contributed by atoms with Gasteiger partial charge in [0.25, 0.3) is 0 Å². The van der Waals surface area contributed by atoms with Gasteiger partial charge in [-0.3, -0.25) is 4.79 Å². The van der Waals surface area contributed by atoms with Crippen LogP contribution in [0, 0.1) is 18.3 Å². The molecule has 1 amide bonds. The number of hydrogen-bond acceptors (Lipinski definition) is 7. The average molecular weight is 490 g/mol. The number of nitrogens with one attached hydrogen (secondary N) is 2. The lowest BCUT2D eigenvalue weighted by atomic mass is 9.82. The van der Waals surface area contributed by atoms with Gasteiger partial charge in [-0.1, -0.05) is 60.3 Å². The smallest absolute Gasteiger partial charge is 0.337 e. The predicted octanol–water partition coefficient (Wildman–Crippen LogP) is 4.80. The number of rotatable bonds is 9. The van der Waals surface area contributed by atoms with Gasteiger partial charge in [-0.05, 0) is 32.0 Å². The number of nitrogens with zero attached hydrogens (tertiary/aromatic N) is 1. The van der Waals surface area contributed by atoms with E-state index in [1.54, 1.807) is 13.0 Å². The Morgan fingerprint density at radius 2 is 1.91 bits per heavy atom. The number of ether oxygens (including phenoxy) is 2. The van der Waals surface area contributed by atoms with Crippen molar-refractivity contribution in [3.8, 4) is 11.8 Å². The summed E-state index contributed by atoms with van der Waals surface area (Å²) < 4.78 is 10.9. The van der Waals surface area contributed by atoms with Crippen molar-refractivity contribution in [1.29, 1.82) is 5.26 Å². The molecule has 0 fully saturated rings. The summed E-state index contributed by atoms with van der Waals surface area (Å²) in [7, 11) is 1.53. The van der Waals surface area contributed by atoms with Crippen molar-refractivity contribution in [2.24, 2.45) is 0 Å². The van der Waals surface area contributed by atoms with E-state index in [1.165, 1.54) is 24.9 Å². The third-order valence-corrected chi connectivity index (χ3v) is 6.35. The molecule has 2 aromatic rings. The molecule has 1 heterocycles. The minimum Gasteiger partial charge on any atom is -0.496 e. The molecule has 0 saturated carbocycles. The fourth-order valence-corrected chi connectivity index (χ4v) is 4.59. The summed E-state index contributed by atoms with van der Waals surface area (Å²) >= 11 is 1.20. The van der Waals surface area contributed by atoms with E-state index in [2.05, 4.69) is 23.3 Å². The van der Waals surface area contributed by atoms with Gasteiger partial charge in [-0.15, -0.1) is 0 Å². The first-order valence-electron chi connectivity index (χ1n) is 10.9. The molecule has 1 atom stereocenters. The van der Waals surface area contributed by atoms with Gasteiger partial charge in [0.2, 0.25) is 5.91 Å². The molecule has 7 nitrogen and oxygen atoms in total. The predicted molar refractivity (Wildman–Crippen MR) is 138 cm³/mol. The molecule has 35 heavy (non-hydrogen) atoms. The van der Waals surface area contributed by atoms with E-state index in [4.69, 9.17) is 9.47 Å². The fourth-order valence-electron chi connectivity index (χ4n) is 3.70. The van der Waals surface area contributed by atoms with Crippen LogP contribution in [0.2, 0.25) is 0 Å². The van der Waals surface area contributed by atoms with Crippen LogP contribution in [0.15, 0.2) is 83.1 Å². The maximum atomic E-state index is 13.0. The Kier molecular flexibility index (Phi) is 8.76. The van der Waals surface area contributed by atoms with Crippen molar-refractivity contribution in [2.75, 3.05) is 24.8 Å². The number of allylic oxidation sites excluding steroid dienone is 2. The largest absolute Gasteiger partial charge is 0.496 e. The number of carbonyl (C=O) groups is 2. The number of thioether (sulfide) groups is 1. The quantitative estimate of drug-likeness (QED) is 0.385. The van der Waals surface area contributed by atoms with Gasteiger partial charge < -0.3 is 20.1 Å². The van der Waals surface area contributed by atoms with Gasteiger partial charge in [-0.25, -0.2) is 4.79 Å². The molecule has 0 aromatic heterocycles. The number of para-hydroxylation sites is 1. The Bertz CT molecular complexity index is 1230. The Balaban J connectivity index is 1.93. The standard InChI is InChI=1S/C27H27N3O4S/c1-5-14-34-27(32)24-18(3)29-26(35-16-23(31)30-19-12-10-17(2)11-13-19)21(15-28)25(24)20-8-6-7-9-22(20)33-4/h5-13,25,29H,1,14,16H2,2-4H3,(H,30,31). The molecule has 0 radical (unpaired) electrons. The summed E-state index contributed by atoms with van der Waals surface area (Å²) in [5.74, 6) is -0.881. The van der Waals surface area contributed by atoms with Crippen LogP contribution in [-0.2, 0) is 14.3 Å². The molecule has 2 aromatic carbocycles. The van der Waals surface area contributed by atoms with Crippen LogP contribution in [0.25, 0.3) is 0 Å². The van der Waals surface area contributed by atoms with Crippen LogP contribution in [0.4, 0.5) is 5.69 Å². The number of aryl methyl sites for hydroxylation is 1. The zero-order valence-corrected chi connectivity index (χ0v) is 20.7. The molecule has 180 valence electrons. The Morgan fingerprint density at radius 1 is 1.20 bits per heavy atom. The third kappa shape index (κ3) is 6.14. The monoisotopic (exact) mass is 489 g/mol. The Labute approximate surface area is 209 Å². The third-order valence-electron chi connectivity index (χ3n) is 5.33. The lowest BCUT2D eigenvalue weighted by Gasteiger charge is -2.30. The molecule has 0 bridgehead atoms. The molecule has 3 rings (SSSR count). The number of anilines is 1. The number of hydrogen-bond donors (Lipinski definition) is 2. The zero-order valence-electron chi connectivity index (χ0n) is 19.9. The maximum Gasteiger partial charge on any atom is 0.337 e. The van der Waals surface area contributed by atoms with Crippen LogP contribution in [0.3, 0.4) is 0 Å². The van der Waals surface area contributed by atoms with Crippen LogP contribution in [0.1, 0.15) is 24.0 Å². The number of amides is 1. The summed E-state index contributed by atoms with van der Waals surface area (Å²) in [6, 6.07) is 17.0. The Morgan fingerprint density at radius 3 is 2.57 bits per heavy atom. The average Bonchev–Trinajstić information content (AvgIpc) is 2.86. The fraction of sp³-hybridized carbons (Fsp3) is 0.222. The highest BCUT2D eigenvalue weighted by Gasteiger charge is 2.37. The van der Waals surface area contributed by atoms with Gasteiger partial charge in [0, 0.05) is 16.9 Å². The van der Waals surface area contributed by atoms with E-state index in [9.17, 15) is 14.9 Å². The molecule has 1 aliphatic rings. The normalized spacial score (nSPS) is 15.1. The molecule has 2 N–H and O–H groups in total. The second-order valence-electron chi connectivity index (χ2n) is 7.78. The van der Waals surface area contributed by atoms with Crippen molar-refractivity contribution < 1.29 is 19.1 Å². The van der Waals surface area contributed by atoms with E-state index < -0.39 is 11.9 Å². The van der Waals surface area contributed by atoms with E-state index in [0.29, 0.717) is 38.9 Å². The van der Waals surface area contributed by atoms with Crippen LogP contribution in [-0.4, -0.2) is 31.3 Å². The molecule has 0 saturated heterocycles. The summed E-state index contributed by atoms with van der Waals surface area (Å²) in [5.41, 5.74) is 3.60. The summed E-state index contributed by atoms with van der Waals surface area (Å²) in [6.07, 6.45) is 1.48. The van der Waals surface area contributed by atoms with Crippen LogP contribution < -0.4 is 15.4 Å². The molecular formula is C27H27N3O4S. The first-order valence-corrected chi connectivity index (χ1v) is 11.9. The molecule has 0 spiro atoms. The minimum atomic E-state index is -0.725. The number of benzene rings is 2. The van der Waals surface area contributed by atoms with Gasteiger partial charge in [-0.2, -0.15) is 5.26 Å². The molecule has 1 aliphatic heterocycles. The van der Waals surface area contributed by atoms with Crippen molar-refractivity contribution in [1.82, 2.24) is 5.32 Å². The number of esters is 1. The van der Waals surface area contributed by atoms with E-state index in [1.807, 2.05) is 49.4 Å². The lowest BCUT2D eigenvalue weighted by molar-refractivity contribution is -0.138. The summed E-state index contributed by atoms with van der Waals surface area (Å²) in [4.78, 5) is 25.6. The minimum absolute atomic E-state index is 0.0423. The second kappa shape index (κ2) is 12.0. The second-order valence-corrected chi connectivity index (χ2v) is 8.77. The SMILES string of the molecule is C=CCOC(=O)C1=C(C)NC(SCC(=O)Nc2ccc(C)cc2)=C(C#N)C1c1ccccc1OC. The van der Waals surface area contributed by atoms with E-state index in [0.717, 1.165) is 5.56 Å². The highest BCUT2D eigenvalue weighted by Crippen LogP contribution is 2.43. The Hall–Kier alpha value is -3.96. The van der Waals surface area contributed by atoms with Crippen LogP contribution >= 0.6 is 11.8 Å². The molecule has 8 heteroatoms. The van der Waals surface area contributed by atoms with Gasteiger partial charge in [0.15, 0.2) is 0 Å². The topological polar surface area (TPSA) is 100 Å². The highest BCUT2D eigenvalue weighted by atomic mass is 32.2. The maximum absolute atomic E-state index is 13.0. The van der Waals surface area contributed by atoms with Crippen molar-refractivity contribution in [3.63, 3.8) is 0 Å². The van der Waals surface area contributed by atoms with Gasteiger partial charge in [0.1, 0.15) is 12.4 Å². The summed E-state index contributed by atoms with van der Waals surface area (Å²) in [6.45, 7) is 7.35. The first kappa shape index (κ1) is 25.7. The molecule has 0 aliphatic carbocycles.